The van der Waals surface area contributed by atoms with Crippen molar-refractivity contribution in [2.75, 3.05) is 0 Å². The molecule has 1 aliphatic rings. The van der Waals surface area contributed by atoms with E-state index in [0.717, 1.165) is 0 Å². The average molecular weight is 385 g/mol. The molecule has 0 aromatic carbocycles. The zero-order valence-electron chi connectivity index (χ0n) is 14.5. The Balaban J connectivity index is 2.79. The molecule has 1 heteroatoms. The Morgan fingerprint density at radius 1 is 0.750 bits per heavy atom. The van der Waals surface area contributed by atoms with Gasteiger partial charge in [0.2, 0.25) is 0 Å². The molecule has 0 heterocycles. The summed E-state index contributed by atoms with van der Waals surface area (Å²) < 4.78 is 7.94. The summed E-state index contributed by atoms with van der Waals surface area (Å²) in [5, 5.41) is 0. The Kier molecular flexibility index (Phi) is 10.4. The van der Waals surface area contributed by atoms with E-state index in [-0.39, 0.29) is 0 Å². The maximum absolute atomic E-state index is 2.99. The van der Waals surface area contributed by atoms with Crippen molar-refractivity contribution < 1.29 is 0 Å². The summed E-state index contributed by atoms with van der Waals surface area (Å²) in [7, 11) is 0. The van der Waals surface area contributed by atoms with Gasteiger partial charge in [0.1, 0.15) is 0 Å². The van der Waals surface area contributed by atoms with Gasteiger partial charge in [0, 0.05) is 0 Å². The molecule has 20 heavy (non-hydrogen) atoms. The predicted octanol–water partition coefficient (Wildman–Crippen LogP) is 7.27. The summed E-state index contributed by atoms with van der Waals surface area (Å²) in [5.74, 6) is 0. The second kappa shape index (κ2) is 11.2. The van der Waals surface area contributed by atoms with Crippen LogP contribution >= 0.6 is 0 Å². The van der Waals surface area contributed by atoms with Crippen LogP contribution in [-0.4, -0.2) is 18.4 Å². The van der Waals surface area contributed by atoms with Crippen molar-refractivity contribution in [3.8, 4) is 0 Å². The SMILES string of the molecule is CCC[CH2][Sn]([CH]=C1CCCCC1)([CH2]CCC)[CH2]CCC. The molecule has 0 spiro atoms. The standard InChI is InChI=1S/C7H11.3C4H9.Sn/c1-7-5-3-2-4-6-7;3*1-3-4-2;/h1H,2-6H2;3*1,3-4H2,2H3;. The number of hydrogen-bond acceptors (Lipinski definition) is 0. The van der Waals surface area contributed by atoms with Gasteiger partial charge in [-0.15, -0.1) is 0 Å². The van der Waals surface area contributed by atoms with E-state index in [1.54, 1.807) is 13.3 Å². The quantitative estimate of drug-likeness (QED) is 0.347. The Hall–Kier alpha value is 0.539. The number of allylic oxidation sites excluding steroid dienone is 1. The first-order valence-electron chi connectivity index (χ1n) is 9.47. The molecule has 0 aromatic heterocycles. The molecule has 0 atom stereocenters. The van der Waals surface area contributed by atoms with Gasteiger partial charge in [-0.1, -0.05) is 0 Å². The minimum absolute atomic E-state index is 1.40. The van der Waals surface area contributed by atoms with Crippen molar-refractivity contribution in [2.24, 2.45) is 0 Å². The summed E-state index contributed by atoms with van der Waals surface area (Å²) in [5.41, 5.74) is 1.90. The van der Waals surface area contributed by atoms with Crippen LogP contribution < -0.4 is 0 Å². The first kappa shape index (κ1) is 18.6. The molecule has 0 aromatic rings. The second-order valence-electron chi connectivity index (χ2n) is 7.04. The number of unbranched alkanes of at least 4 members (excludes halogenated alkanes) is 3. The second-order valence-corrected chi connectivity index (χ2v) is 19.9. The Labute approximate surface area is 132 Å². The van der Waals surface area contributed by atoms with Crippen molar-refractivity contribution in [1.29, 1.82) is 0 Å². The third-order valence-electron chi connectivity index (χ3n) is 5.09. The zero-order valence-corrected chi connectivity index (χ0v) is 17.3. The van der Waals surface area contributed by atoms with Gasteiger partial charge < -0.3 is 0 Å². The molecule has 0 nitrogen and oxygen atoms in total. The van der Waals surface area contributed by atoms with Gasteiger partial charge in [0.05, 0.1) is 0 Å². The molecule has 118 valence electrons. The molecule has 1 fully saturated rings. The Morgan fingerprint density at radius 3 is 1.60 bits per heavy atom. The summed E-state index contributed by atoms with van der Waals surface area (Å²) in [6.07, 6.45) is 16.1. The van der Waals surface area contributed by atoms with Crippen LogP contribution in [0.2, 0.25) is 13.3 Å². The first-order valence-corrected chi connectivity index (χ1v) is 17.2. The summed E-state index contributed by atoms with van der Waals surface area (Å²) in [6.45, 7) is 7.14. The van der Waals surface area contributed by atoms with Crippen LogP contribution in [0.25, 0.3) is 0 Å². The van der Waals surface area contributed by atoms with Crippen molar-refractivity contribution in [1.82, 2.24) is 0 Å². The van der Waals surface area contributed by atoms with Crippen molar-refractivity contribution in [3.63, 3.8) is 0 Å². The third kappa shape index (κ3) is 7.00. The predicted molar refractivity (Wildman–Crippen MR) is 96.1 cm³/mol. The van der Waals surface area contributed by atoms with Gasteiger partial charge in [0.15, 0.2) is 0 Å². The molecule has 0 radical (unpaired) electrons. The van der Waals surface area contributed by atoms with Crippen LogP contribution in [-0.2, 0) is 0 Å². The molecule has 0 bridgehead atoms. The van der Waals surface area contributed by atoms with E-state index in [4.69, 9.17) is 0 Å². The fourth-order valence-electron chi connectivity index (χ4n) is 3.76. The topological polar surface area (TPSA) is 0 Å². The van der Waals surface area contributed by atoms with Crippen LogP contribution in [0.1, 0.15) is 91.4 Å². The van der Waals surface area contributed by atoms with Gasteiger partial charge in [-0.3, -0.25) is 0 Å². The van der Waals surface area contributed by atoms with Gasteiger partial charge in [-0.2, -0.15) is 0 Å². The van der Waals surface area contributed by atoms with E-state index in [2.05, 4.69) is 24.9 Å². The zero-order chi connectivity index (χ0) is 14.7. The molecular formula is C19H38Sn. The summed E-state index contributed by atoms with van der Waals surface area (Å²) in [6, 6.07) is 0. The van der Waals surface area contributed by atoms with Crippen molar-refractivity contribution in [2.45, 2.75) is 105 Å². The minimum atomic E-state index is -1.96. The molecule has 0 unspecified atom stereocenters. The van der Waals surface area contributed by atoms with E-state index in [9.17, 15) is 0 Å². The van der Waals surface area contributed by atoms with Crippen molar-refractivity contribution >= 4 is 18.4 Å². The third-order valence-corrected chi connectivity index (χ3v) is 19.6. The van der Waals surface area contributed by atoms with E-state index >= 15 is 0 Å². The van der Waals surface area contributed by atoms with Crippen LogP contribution in [0.3, 0.4) is 0 Å². The molecule has 1 aliphatic carbocycles. The Morgan fingerprint density at radius 2 is 1.20 bits per heavy atom. The van der Waals surface area contributed by atoms with E-state index in [1.165, 1.54) is 70.6 Å². The van der Waals surface area contributed by atoms with E-state index in [0.29, 0.717) is 0 Å². The van der Waals surface area contributed by atoms with Gasteiger partial charge in [-0.25, -0.2) is 0 Å². The number of hydrogen-bond donors (Lipinski definition) is 0. The van der Waals surface area contributed by atoms with E-state index in [1.807, 2.05) is 5.57 Å². The van der Waals surface area contributed by atoms with Crippen LogP contribution in [0.4, 0.5) is 0 Å². The fraction of sp³-hybridized carbons (Fsp3) is 0.895. The molecule has 0 N–H and O–H groups in total. The maximum atomic E-state index is 2.99. The van der Waals surface area contributed by atoms with Crippen LogP contribution in [0.5, 0.6) is 0 Å². The average Bonchev–Trinajstić information content (AvgIpc) is 2.49. The molecule has 1 rings (SSSR count). The normalized spacial score (nSPS) is 16.4. The van der Waals surface area contributed by atoms with E-state index < -0.39 is 18.4 Å². The molecule has 0 aliphatic heterocycles. The summed E-state index contributed by atoms with van der Waals surface area (Å²) in [4.78, 5) is 0. The van der Waals surface area contributed by atoms with Gasteiger partial charge in [-0.05, 0) is 0 Å². The Bertz CT molecular complexity index is 237. The van der Waals surface area contributed by atoms with Gasteiger partial charge in [0.25, 0.3) is 0 Å². The fourth-order valence-corrected chi connectivity index (χ4v) is 19.5. The molecule has 0 saturated heterocycles. The first-order chi connectivity index (χ1) is 9.76. The molecule has 0 amide bonds. The number of rotatable bonds is 10. The summed E-state index contributed by atoms with van der Waals surface area (Å²) >= 11 is -1.96. The monoisotopic (exact) mass is 386 g/mol. The molecule has 1 saturated carbocycles. The van der Waals surface area contributed by atoms with Crippen LogP contribution in [0, 0.1) is 0 Å². The molecular weight excluding hydrogens is 347 g/mol. The van der Waals surface area contributed by atoms with Gasteiger partial charge >= 0.3 is 133 Å². The van der Waals surface area contributed by atoms with Crippen LogP contribution in [0.15, 0.2) is 9.67 Å². The van der Waals surface area contributed by atoms with Crippen molar-refractivity contribution in [3.05, 3.63) is 9.67 Å².